The minimum atomic E-state index is -0.749. The number of nitrogens with one attached hydrogen (secondary N) is 1. The Bertz CT molecular complexity index is 1160. The number of benzene rings is 2. The molecule has 3 aromatic rings. The second kappa shape index (κ2) is 9.82. The molecule has 0 aliphatic carbocycles. The summed E-state index contributed by atoms with van der Waals surface area (Å²) in [7, 11) is 2.75. The summed E-state index contributed by atoms with van der Waals surface area (Å²) in [6.07, 6.45) is 0.544. The van der Waals surface area contributed by atoms with Crippen molar-refractivity contribution in [1.29, 1.82) is 0 Å². The second-order valence-corrected chi connectivity index (χ2v) is 7.92. The lowest BCUT2D eigenvalue weighted by atomic mass is 10.1. The number of carbonyl (C=O) groups excluding carboxylic acids is 2. The largest absolute Gasteiger partial charge is 0.452 e. The van der Waals surface area contributed by atoms with Gasteiger partial charge in [0.05, 0.1) is 24.3 Å². The lowest BCUT2D eigenvalue weighted by Crippen LogP contribution is -2.46. The van der Waals surface area contributed by atoms with Crippen LogP contribution in [0.15, 0.2) is 47.1 Å². The van der Waals surface area contributed by atoms with Crippen LogP contribution in [0.4, 0.5) is 9.18 Å². The Morgan fingerprint density at radius 3 is 2.66 bits per heavy atom. The highest BCUT2D eigenvalue weighted by Crippen LogP contribution is 2.30. The molecule has 0 fully saturated rings. The van der Waals surface area contributed by atoms with Gasteiger partial charge in [0.2, 0.25) is 0 Å². The van der Waals surface area contributed by atoms with Crippen molar-refractivity contribution in [2.75, 3.05) is 7.11 Å². The van der Waals surface area contributed by atoms with E-state index in [0.717, 1.165) is 21.7 Å². The highest BCUT2D eigenvalue weighted by atomic mass is 79.9. The minimum absolute atomic E-state index is 0.00101. The van der Waals surface area contributed by atoms with Gasteiger partial charge in [-0.25, -0.2) is 14.2 Å². The van der Waals surface area contributed by atoms with E-state index in [4.69, 9.17) is 9.47 Å². The van der Waals surface area contributed by atoms with Gasteiger partial charge in [-0.15, -0.1) is 0 Å². The Balaban J connectivity index is 1.86. The number of carbonyl (C=O) groups is 2. The van der Waals surface area contributed by atoms with Crippen LogP contribution in [-0.4, -0.2) is 33.9 Å². The zero-order chi connectivity index (χ0) is 23.4. The van der Waals surface area contributed by atoms with E-state index in [2.05, 4.69) is 26.5 Å². The molecule has 1 N–H and O–H groups in total. The SMILES string of the molecule is COC(=O)N(Cc1ccc(C)cc1C)NC(=O)c1c(Oc2cccc(Br)c2F)cnn1C. The van der Waals surface area contributed by atoms with Gasteiger partial charge in [-0.1, -0.05) is 29.8 Å². The first-order valence-corrected chi connectivity index (χ1v) is 10.4. The molecule has 0 aliphatic heterocycles. The van der Waals surface area contributed by atoms with Gasteiger partial charge in [0.25, 0.3) is 5.91 Å². The fourth-order valence-corrected chi connectivity index (χ4v) is 3.41. The Kier molecular flexibility index (Phi) is 7.14. The van der Waals surface area contributed by atoms with Gasteiger partial charge in [0.15, 0.2) is 23.0 Å². The van der Waals surface area contributed by atoms with Gasteiger partial charge in [-0.3, -0.25) is 14.9 Å². The van der Waals surface area contributed by atoms with Crippen LogP contribution in [-0.2, 0) is 18.3 Å². The molecular formula is C22H22BrFN4O4. The quantitative estimate of drug-likeness (QED) is 0.511. The minimum Gasteiger partial charge on any atom is -0.452 e. The Morgan fingerprint density at radius 2 is 1.97 bits per heavy atom. The number of hydrogen-bond acceptors (Lipinski definition) is 5. The standard InChI is InChI=1S/C22H22BrFN4O4/c1-13-8-9-15(14(2)10-13)12-28(22(30)31-4)26-21(29)20-18(11-25-27(20)3)32-17-7-5-6-16(23)19(17)24/h5-11H,12H2,1-4H3,(H,26,29). The van der Waals surface area contributed by atoms with Crippen molar-refractivity contribution in [3.8, 4) is 11.5 Å². The molecular weight excluding hydrogens is 483 g/mol. The van der Waals surface area contributed by atoms with Crippen molar-refractivity contribution >= 4 is 27.9 Å². The molecule has 32 heavy (non-hydrogen) atoms. The average Bonchev–Trinajstić information content (AvgIpc) is 3.12. The topological polar surface area (TPSA) is 85.7 Å². The summed E-state index contributed by atoms with van der Waals surface area (Å²) >= 11 is 3.10. The van der Waals surface area contributed by atoms with Gasteiger partial charge in [-0.2, -0.15) is 5.10 Å². The third-order valence-electron chi connectivity index (χ3n) is 4.71. The number of rotatable bonds is 5. The molecule has 10 heteroatoms. The summed E-state index contributed by atoms with van der Waals surface area (Å²) in [6.45, 7) is 3.96. The molecule has 2 amide bonds. The monoisotopic (exact) mass is 504 g/mol. The lowest BCUT2D eigenvalue weighted by molar-refractivity contribution is 0.0680. The van der Waals surface area contributed by atoms with Crippen LogP contribution in [0.3, 0.4) is 0 Å². The lowest BCUT2D eigenvalue weighted by Gasteiger charge is -2.23. The van der Waals surface area contributed by atoms with Crippen molar-refractivity contribution in [1.82, 2.24) is 20.2 Å². The molecule has 0 bridgehead atoms. The number of aromatic nitrogens is 2. The van der Waals surface area contributed by atoms with E-state index in [1.807, 2.05) is 32.0 Å². The van der Waals surface area contributed by atoms with Gasteiger partial charge in [-0.05, 0) is 53.0 Å². The molecule has 0 unspecified atom stereocenters. The number of aryl methyl sites for hydroxylation is 3. The maximum atomic E-state index is 14.3. The molecule has 1 aromatic heterocycles. The summed E-state index contributed by atoms with van der Waals surface area (Å²) in [5.74, 6) is -1.35. The summed E-state index contributed by atoms with van der Waals surface area (Å²) in [4.78, 5) is 25.4. The van der Waals surface area contributed by atoms with Crippen molar-refractivity contribution in [2.45, 2.75) is 20.4 Å². The molecule has 0 radical (unpaired) electrons. The predicted molar refractivity (Wildman–Crippen MR) is 119 cm³/mol. The third kappa shape index (κ3) is 5.08. The van der Waals surface area contributed by atoms with E-state index < -0.39 is 17.8 Å². The molecule has 168 valence electrons. The van der Waals surface area contributed by atoms with Crippen LogP contribution in [0.2, 0.25) is 0 Å². The molecule has 0 spiro atoms. The van der Waals surface area contributed by atoms with Gasteiger partial charge in [0, 0.05) is 7.05 Å². The van der Waals surface area contributed by atoms with Crippen LogP contribution in [0.1, 0.15) is 27.2 Å². The van der Waals surface area contributed by atoms with E-state index in [1.165, 1.54) is 37.2 Å². The summed E-state index contributed by atoms with van der Waals surface area (Å²) in [5, 5.41) is 5.08. The Labute approximate surface area is 193 Å². The maximum Gasteiger partial charge on any atom is 0.428 e. The molecule has 0 atom stereocenters. The summed E-state index contributed by atoms with van der Waals surface area (Å²) in [6, 6.07) is 10.3. The highest BCUT2D eigenvalue weighted by Gasteiger charge is 2.25. The first-order chi connectivity index (χ1) is 15.2. The van der Waals surface area contributed by atoms with Crippen LogP contribution in [0, 0.1) is 19.7 Å². The number of halogens is 2. The van der Waals surface area contributed by atoms with E-state index in [0.29, 0.717) is 0 Å². The van der Waals surface area contributed by atoms with Gasteiger partial charge >= 0.3 is 6.09 Å². The van der Waals surface area contributed by atoms with Crippen molar-refractivity contribution in [3.63, 3.8) is 0 Å². The second-order valence-electron chi connectivity index (χ2n) is 7.06. The fraction of sp³-hybridized carbons (Fsp3) is 0.227. The number of hydrazine groups is 1. The molecule has 1 heterocycles. The van der Waals surface area contributed by atoms with Crippen LogP contribution < -0.4 is 10.2 Å². The molecule has 0 saturated heterocycles. The first-order valence-electron chi connectivity index (χ1n) is 9.57. The zero-order valence-electron chi connectivity index (χ0n) is 18.0. The van der Waals surface area contributed by atoms with Crippen molar-refractivity contribution < 1.29 is 23.5 Å². The number of ether oxygens (including phenoxy) is 2. The molecule has 3 rings (SSSR count). The van der Waals surface area contributed by atoms with E-state index in [9.17, 15) is 14.0 Å². The van der Waals surface area contributed by atoms with Gasteiger partial charge < -0.3 is 9.47 Å². The number of methoxy groups -OCH3 is 1. The van der Waals surface area contributed by atoms with Crippen LogP contribution >= 0.6 is 15.9 Å². The van der Waals surface area contributed by atoms with Crippen LogP contribution in [0.25, 0.3) is 0 Å². The summed E-state index contributed by atoms with van der Waals surface area (Å²) < 4.78 is 26.2. The highest BCUT2D eigenvalue weighted by molar-refractivity contribution is 9.10. The normalized spacial score (nSPS) is 10.6. The summed E-state index contributed by atoms with van der Waals surface area (Å²) in [5.41, 5.74) is 5.40. The van der Waals surface area contributed by atoms with E-state index in [1.54, 1.807) is 6.07 Å². The van der Waals surface area contributed by atoms with Crippen LogP contribution in [0.5, 0.6) is 11.5 Å². The van der Waals surface area contributed by atoms with Crippen molar-refractivity contribution in [2.24, 2.45) is 7.05 Å². The average molecular weight is 505 g/mol. The third-order valence-corrected chi connectivity index (χ3v) is 5.33. The predicted octanol–water partition coefficient (Wildman–Crippen LogP) is 4.64. The molecule has 0 aliphatic rings. The fourth-order valence-electron chi connectivity index (χ4n) is 3.06. The Morgan fingerprint density at radius 1 is 1.22 bits per heavy atom. The smallest absolute Gasteiger partial charge is 0.428 e. The van der Waals surface area contributed by atoms with Crippen molar-refractivity contribution in [3.05, 3.63) is 75.3 Å². The molecule has 2 aromatic carbocycles. The maximum absolute atomic E-state index is 14.3. The first kappa shape index (κ1) is 23.3. The molecule has 8 nitrogen and oxygen atoms in total. The Hall–Kier alpha value is -3.40. The zero-order valence-corrected chi connectivity index (χ0v) is 19.6. The van der Waals surface area contributed by atoms with Gasteiger partial charge in [0.1, 0.15) is 0 Å². The number of nitrogens with zero attached hydrogens (tertiary/aromatic N) is 3. The number of hydrogen-bond donors (Lipinski definition) is 1. The number of amides is 2. The van der Waals surface area contributed by atoms with E-state index >= 15 is 0 Å². The molecule has 0 saturated carbocycles. The van der Waals surface area contributed by atoms with E-state index in [-0.39, 0.29) is 28.2 Å².